The second-order valence-corrected chi connectivity index (χ2v) is 6.23. The van der Waals surface area contributed by atoms with Crippen LogP contribution in [0, 0.1) is 0 Å². The van der Waals surface area contributed by atoms with Crippen LogP contribution in [0.5, 0.6) is 0 Å². The Bertz CT molecular complexity index is 657. The number of nitrogens with zero attached hydrogens (tertiary/aromatic N) is 2. The SMILES string of the molecule is NCc1ccc(Br)c(S(=O)(=O)NCc2ncon2)c1. The molecule has 0 radical (unpaired) electrons. The Balaban J connectivity index is 2.23. The molecule has 3 N–H and O–H groups in total. The van der Waals surface area contributed by atoms with Crippen LogP contribution in [0.15, 0.2) is 38.5 Å². The number of hydrogen-bond donors (Lipinski definition) is 2. The number of aromatic nitrogens is 2. The summed E-state index contributed by atoms with van der Waals surface area (Å²) in [6.07, 6.45) is 1.13. The van der Waals surface area contributed by atoms with Crippen LogP contribution < -0.4 is 10.5 Å². The van der Waals surface area contributed by atoms with Crippen molar-refractivity contribution in [3.8, 4) is 0 Å². The van der Waals surface area contributed by atoms with Gasteiger partial charge in [0.2, 0.25) is 16.4 Å². The lowest BCUT2D eigenvalue weighted by molar-refractivity contribution is 0.409. The minimum Gasteiger partial charge on any atom is -0.343 e. The van der Waals surface area contributed by atoms with Crippen LogP contribution in [0.25, 0.3) is 0 Å². The summed E-state index contributed by atoms with van der Waals surface area (Å²) < 4.78 is 31.7. The third-order valence-electron chi connectivity index (χ3n) is 2.35. The Labute approximate surface area is 118 Å². The summed E-state index contributed by atoms with van der Waals surface area (Å²) in [7, 11) is -3.67. The predicted octanol–water partition coefficient (Wildman–Crippen LogP) is 0.769. The van der Waals surface area contributed by atoms with Gasteiger partial charge < -0.3 is 10.3 Å². The predicted molar refractivity (Wildman–Crippen MR) is 70.4 cm³/mol. The van der Waals surface area contributed by atoms with Gasteiger partial charge in [-0.1, -0.05) is 11.2 Å². The quantitative estimate of drug-likeness (QED) is 0.826. The lowest BCUT2D eigenvalue weighted by Crippen LogP contribution is -2.24. The van der Waals surface area contributed by atoms with Gasteiger partial charge in [0.05, 0.1) is 11.4 Å². The van der Waals surface area contributed by atoms with Gasteiger partial charge in [0, 0.05) is 11.0 Å². The maximum atomic E-state index is 12.1. The van der Waals surface area contributed by atoms with Gasteiger partial charge in [0.1, 0.15) is 0 Å². The maximum absolute atomic E-state index is 12.1. The molecular formula is C10H11BrN4O3S. The number of rotatable bonds is 5. The first-order valence-corrected chi connectivity index (χ1v) is 7.54. The van der Waals surface area contributed by atoms with Crippen LogP contribution in [0.3, 0.4) is 0 Å². The second-order valence-electron chi connectivity index (χ2n) is 3.64. The third-order valence-corrected chi connectivity index (χ3v) is 4.74. The van der Waals surface area contributed by atoms with Gasteiger partial charge in [0.25, 0.3) is 0 Å². The number of halogens is 1. The Morgan fingerprint density at radius 2 is 2.21 bits per heavy atom. The fourth-order valence-corrected chi connectivity index (χ4v) is 3.38. The van der Waals surface area contributed by atoms with Gasteiger partial charge in [-0.05, 0) is 33.6 Å². The zero-order chi connectivity index (χ0) is 13.9. The first-order valence-electron chi connectivity index (χ1n) is 5.26. The summed E-state index contributed by atoms with van der Waals surface area (Å²) in [5.74, 6) is 0.259. The second kappa shape index (κ2) is 5.78. The molecule has 2 aromatic rings. The van der Waals surface area contributed by atoms with Crippen LogP contribution in [0.4, 0.5) is 0 Å². The summed E-state index contributed by atoms with van der Waals surface area (Å²) in [5, 5.41) is 3.52. The monoisotopic (exact) mass is 346 g/mol. The van der Waals surface area contributed by atoms with Crippen LogP contribution in [0.2, 0.25) is 0 Å². The van der Waals surface area contributed by atoms with Crippen molar-refractivity contribution in [3.63, 3.8) is 0 Å². The zero-order valence-corrected chi connectivity index (χ0v) is 12.1. The summed E-state index contributed by atoms with van der Waals surface area (Å²) >= 11 is 3.20. The van der Waals surface area contributed by atoms with E-state index < -0.39 is 10.0 Å². The highest BCUT2D eigenvalue weighted by molar-refractivity contribution is 9.10. The fraction of sp³-hybridized carbons (Fsp3) is 0.200. The summed E-state index contributed by atoms with van der Waals surface area (Å²) in [5.41, 5.74) is 6.23. The van der Waals surface area contributed by atoms with E-state index in [0.29, 0.717) is 4.47 Å². The van der Waals surface area contributed by atoms with Crippen LogP contribution in [-0.4, -0.2) is 18.6 Å². The lowest BCUT2D eigenvalue weighted by Gasteiger charge is -2.08. The Kier molecular flexibility index (Phi) is 4.30. The maximum Gasteiger partial charge on any atom is 0.242 e. The van der Waals surface area contributed by atoms with Crippen molar-refractivity contribution >= 4 is 26.0 Å². The van der Waals surface area contributed by atoms with E-state index in [1.54, 1.807) is 12.1 Å². The Hall–Kier alpha value is -1.29. The molecule has 0 spiro atoms. The van der Waals surface area contributed by atoms with Crippen molar-refractivity contribution in [2.24, 2.45) is 5.73 Å². The van der Waals surface area contributed by atoms with E-state index in [1.165, 1.54) is 6.07 Å². The van der Waals surface area contributed by atoms with Gasteiger partial charge in [-0.3, -0.25) is 0 Å². The molecule has 0 atom stereocenters. The fourth-order valence-electron chi connectivity index (χ4n) is 1.39. The molecule has 19 heavy (non-hydrogen) atoms. The van der Waals surface area contributed by atoms with E-state index in [4.69, 9.17) is 5.73 Å². The van der Waals surface area contributed by atoms with Crippen molar-refractivity contribution < 1.29 is 12.9 Å². The van der Waals surface area contributed by atoms with Gasteiger partial charge >= 0.3 is 0 Å². The molecule has 2 rings (SSSR count). The van der Waals surface area contributed by atoms with Crippen LogP contribution in [0.1, 0.15) is 11.4 Å². The summed E-state index contributed by atoms with van der Waals surface area (Å²) in [6, 6.07) is 4.91. The highest BCUT2D eigenvalue weighted by Crippen LogP contribution is 2.23. The number of hydrogen-bond acceptors (Lipinski definition) is 6. The van der Waals surface area contributed by atoms with Crippen LogP contribution in [-0.2, 0) is 23.1 Å². The normalized spacial score (nSPS) is 11.7. The van der Waals surface area contributed by atoms with Gasteiger partial charge in [-0.2, -0.15) is 4.98 Å². The van der Waals surface area contributed by atoms with E-state index >= 15 is 0 Å². The molecule has 0 bridgehead atoms. The minimum atomic E-state index is -3.67. The van der Waals surface area contributed by atoms with Gasteiger partial charge in [-0.15, -0.1) is 0 Å². The van der Waals surface area contributed by atoms with Crippen molar-refractivity contribution in [3.05, 3.63) is 40.5 Å². The van der Waals surface area contributed by atoms with E-state index in [9.17, 15) is 8.42 Å². The van der Waals surface area contributed by atoms with Crippen LogP contribution >= 0.6 is 15.9 Å². The highest BCUT2D eigenvalue weighted by atomic mass is 79.9. The van der Waals surface area contributed by atoms with Crippen molar-refractivity contribution in [2.75, 3.05) is 0 Å². The van der Waals surface area contributed by atoms with Gasteiger partial charge in [0.15, 0.2) is 5.82 Å². The molecule has 7 nitrogen and oxygen atoms in total. The molecule has 0 aliphatic rings. The molecule has 0 unspecified atom stereocenters. The average Bonchev–Trinajstić information content (AvgIpc) is 2.90. The van der Waals surface area contributed by atoms with Gasteiger partial charge in [-0.25, -0.2) is 13.1 Å². The highest BCUT2D eigenvalue weighted by Gasteiger charge is 2.18. The number of benzene rings is 1. The lowest BCUT2D eigenvalue weighted by atomic mass is 10.2. The number of sulfonamides is 1. The molecule has 102 valence electrons. The summed E-state index contributed by atoms with van der Waals surface area (Å²) in [6.45, 7) is 0.221. The molecule has 1 heterocycles. The van der Waals surface area contributed by atoms with Crippen molar-refractivity contribution in [2.45, 2.75) is 18.0 Å². The molecule has 0 saturated carbocycles. The molecule has 1 aromatic heterocycles. The Morgan fingerprint density at radius 1 is 1.42 bits per heavy atom. The molecule has 0 amide bonds. The third kappa shape index (κ3) is 3.38. The first kappa shape index (κ1) is 14.1. The smallest absolute Gasteiger partial charge is 0.242 e. The minimum absolute atomic E-state index is 0.0435. The van der Waals surface area contributed by atoms with E-state index in [-0.39, 0.29) is 23.8 Å². The van der Waals surface area contributed by atoms with Crippen molar-refractivity contribution in [1.82, 2.24) is 14.9 Å². The molecule has 0 fully saturated rings. The Morgan fingerprint density at radius 3 is 2.84 bits per heavy atom. The average molecular weight is 347 g/mol. The molecule has 0 saturated heterocycles. The molecular weight excluding hydrogens is 336 g/mol. The number of nitrogens with one attached hydrogen (secondary N) is 1. The molecule has 1 aromatic carbocycles. The largest absolute Gasteiger partial charge is 0.343 e. The topological polar surface area (TPSA) is 111 Å². The summed E-state index contributed by atoms with van der Waals surface area (Å²) in [4.78, 5) is 3.86. The zero-order valence-electron chi connectivity index (χ0n) is 9.71. The molecule has 0 aliphatic carbocycles. The number of nitrogens with two attached hydrogens (primary N) is 1. The van der Waals surface area contributed by atoms with E-state index in [2.05, 4.69) is 35.3 Å². The van der Waals surface area contributed by atoms with Crippen molar-refractivity contribution in [1.29, 1.82) is 0 Å². The molecule has 0 aliphatic heterocycles. The molecule has 9 heteroatoms. The van der Waals surface area contributed by atoms with E-state index in [0.717, 1.165) is 12.0 Å². The van der Waals surface area contributed by atoms with E-state index in [1.807, 2.05) is 0 Å². The standard InChI is InChI=1S/C10H11BrN4O3S/c11-8-2-1-7(4-12)3-9(8)19(16,17)14-5-10-13-6-18-15-10/h1-3,6,14H,4-5,12H2. The first-order chi connectivity index (χ1) is 9.03.